The molecule has 0 aliphatic heterocycles. The molecule has 2 amide bonds. The number of nitrogens with one attached hydrogen (secondary N) is 2. The molecule has 0 radical (unpaired) electrons. The summed E-state index contributed by atoms with van der Waals surface area (Å²) in [5.74, 6) is -0.131. The van der Waals surface area contributed by atoms with Crippen molar-refractivity contribution in [2.45, 2.75) is 6.92 Å². The number of carbonyl (C=O) groups is 2. The third-order valence-corrected chi connectivity index (χ3v) is 3.26. The Labute approximate surface area is 136 Å². The maximum atomic E-state index is 11.9. The molecule has 22 heavy (non-hydrogen) atoms. The van der Waals surface area contributed by atoms with Gasteiger partial charge in [0.1, 0.15) is 5.75 Å². The van der Waals surface area contributed by atoms with Crippen LogP contribution in [0.15, 0.2) is 39.4 Å². The Hall–Kier alpha value is -2.28. The molecule has 7 heteroatoms. The van der Waals surface area contributed by atoms with E-state index >= 15 is 0 Å². The smallest absolute Gasteiger partial charge is 0.287 e. The molecule has 0 aliphatic rings. The van der Waals surface area contributed by atoms with Crippen LogP contribution in [-0.4, -0.2) is 25.5 Å². The van der Waals surface area contributed by atoms with Gasteiger partial charge in [0.05, 0.1) is 19.3 Å². The average molecular weight is 367 g/mol. The lowest BCUT2D eigenvalue weighted by molar-refractivity contribution is -0.115. The standard InChI is InChI=1S/C15H15BrN2O4/c1-9-3-4-11(21-2)10(7-9)18-14(19)8-17-15(20)12-5-6-13(16)22-12/h3-7H,8H2,1-2H3,(H,17,20)(H,18,19). The van der Waals surface area contributed by atoms with Crippen LogP contribution < -0.4 is 15.4 Å². The number of hydrogen-bond acceptors (Lipinski definition) is 4. The molecule has 0 fully saturated rings. The minimum atomic E-state index is -0.461. The lowest BCUT2D eigenvalue weighted by atomic mass is 10.2. The predicted octanol–water partition coefficient (Wildman–Crippen LogP) is 2.73. The molecular formula is C15H15BrN2O4. The normalized spacial score (nSPS) is 10.1. The van der Waals surface area contributed by atoms with Gasteiger partial charge in [-0.3, -0.25) is 9.59 Å². The van der Waals surface area contributed by atoms with E-state index in [2.05, 4.69) is 26.6 Å². The first-order chi connectivity index (χ1) is 10.5. The largest absolute Gasteiger partial charge is 0.495 e. The molecule has 1 aromatic carbocycles. The zero-order valence-electron chi connectivity index (χ0n) is 12.1. The highest BCUT2D eigenvalue weighted by molar-refractivity contribution is 9.10. The van der Waals surface area contributed by atoms with Crippen molar-refractivity contribution in [2.24, 2.45) is 0 Å². The first kappa shape index (κ1) is 16.1. The molecule has 2 N–H and O–H groups in total. The first-order valence-electron chi connectivity index (χ1n) is 6.47. The van der Waals surface area contributed by atoms with Gasteiger partial charge in [0, 0.05) is 0 Å². The van der Waals surface area contributed by atoms with Crippen molar-refractivity contribution in [3.8, 4) is 5.75 Å². The summed E-state index contributed by atoms with van der Waals surface area (Å²) in [5.41, 5.74) is 1.54. The molecule has 1 aromatic heterocycles. The summed E-state index contributed by atoms with van der Waals surface area (Å²) in [6, 6.07) is 8.56. The molecule has 0 saturated heterocycles. The average Bonchev–Trinajstić information content (AvgIpc) is 2.92. The topological polar surface area (TPSA) is 80.6 Å². The molecule has 0 aliphatic carbocycles. The van der Waals surface area contributed by atoms with Crippen LogP contribution in [-0.2, 0) is 4.79 Å². The van der Waals surface area contributed by atoms with Crippen LogP contribution in [0.25, 0.3) is 0 Å². The molecule has 1 heterocycles. The molecule has 6 nitrogen and oxygen atoms in total. The van der Waals surface area contributed by atoms with E-state index in [1.54, 1.807) is 18.2 Å². The Morgan fingerprint density at radius 1 is 1.27 bits per heavy atom. The van der Waals surface area contributed by atoms with Crippen LogP contribution in [0.5, 0.6) is 5.75 Å². The van der Waals surface area contributed by atoms with E-state index in [1.807, 2.05) is 13.0 Å². The third kappa shape index (κ3) is 4.11. The number of rotatable bonds is 5. The van der Waals surface area contributed by atoms with Crippen molar-refractivity contribution in [3.05, 3.63) is 46.3 Å². The first-order valence-corrected chi connectivity index (χ1v) is 7.27. The number of carbonyl (C=O) groups excluding carboxylic acids is 2. The number of anilines is 1. The molecule has 116 valence electrons. The second-order valence-corrected chi connectivity index (χ2v) is 5.32. The monoisotopic (exact) mass is 366 g/mol. The Morgan fingerprint density at radius 3 is 2.68 bits per heavy atom. The molecular weight excluding hydrogens is 352 g/mol. The Kier molecular flexibility index (Phi) is 5.21. The summed E-state index contributed by atoms with van der Waals surface area (Å²) < 4.78 is 10.7. The number of halogens is 1. The number of furan rings is 1. The molecule has 2 rings (SSSR count). The SMILES string of the molecule is COc1ccc(C)cc1NC(=O)CNC(=O)c1ccc(Br)o1. The van der Waals surface area contributed by atoms with Gasteiger partial charge in [-0.05, 0) is 52.7 Å². The van der Waals surface area contributed by atoms with Crippen molar-refractivity contribution in [1.82, 2.24) is 5.32 Å². The molecule has 0 atom stereocenters. The Balaban J connectivity index is 1.93. The summed E-state index contributed by atoms with van der Waals surface area (Å²) in [4.78, 5) is 23.7. The maximum absolute atomic E-state index is 11.9. The number of ether oxygens (including phenoxy) is 1. The third-order valence-electron chi connectivity index (χ3n) is 2.84. The second kappa shape index (κ2) is 7.13. The van der Waals surface area contributed by atoms with Gasteiger partial charge in [-0.1, -0.05) is 6.07 Å². The van der Waals surface area contributed by atoms with Crippen LogP contribution in [0.3, 0.4) is 0 Å². The van der Waals surface area contributed by atoms with E-state index in [0.29, 0.717) is 16.1 Å². The van der Waals surface area contributed by atoms with Gasteiger partial charge in [-0.2, -0.15) is 0 Å². The Morgan fingerprint density at radius 2 is 2.05 bits per heavy atom. The molecule has 2 aromatic rings. The van der Waals surface area contributed by atoms with Gasteiger partial charge < -0.3 is 19.8 Å². The fourth-order valence-corrected chi connectivity index (χ4v) is 2.10. The number of methoxy groups -OCH3 is 1. The summed E-state index contributed by atoms with van der Waals surface area (Å²) in [5, 5.41) is 5.17. The fourth-order valence-electron chi connectivity index (χ4n) is 1.80. The number of benzene rings is 1. The van der Waals surface area contributed by atoms with Gasteiger partial charge in [0.15, 0.2) is 10.4 Å². The van der Waals surface area contributed by atoms with Crippen molar-refractivity contribution >= 4 is 33.4 Å². The maximum Gasteiger partial charge on any atom is 0.287 e. The fraction of sp³-hybridized carbons (Fsp3) is 0.200. The van der Waals surface area contributed by atoms with E-state index in [4.69, 9.17) is 9.15 Å². The van der Waals surface area contributed by atoms with Crippen LogP contribution >= 0.6 is 15.9 Å². The highest BCUT2D eigenvalue weighted by Crippen LogP contribution is 2.24. The molecule has 0 spiro atoms. The summed E-state index contributed by atoms with van der Waals surface area (Å²) in [6.45, 7) is 1.74. The second-order valence-electron chi connectivity index (χ2n) is 4.54. The zero-order chi connectivity index (χ0) is 16.1. The lowest BCUT2D eigenvalue weighted by Crippen LogP contribution is -2.32. The summed E-state index contributed by atoms with van der Waals surface area (Å²) in [6.07, 6.45) is 0. The number of amides is 2. The molecule has 0 bridgehead atoms. The van der Waals surface area contributed by atoms with Crippen molar-refractivity contribution in [3.63, 3.8) is 0 Å². The summed E-state index contributed by atoms with van der Waals surface area (Å²) >= 11 is 3.11. The van der Waals surface area contributed by atoms with E-state index < -0.39 is 5.91 Å². The van der Waals surface area contributed by atoms with E-state index in [1.165, 1.54) is 13.2 Å². The van der Waals surface area contributed by atoms with E-state index in [0.717, 1.165) is 5.56 Å². The van der Waals surface area contributed by atoms with Gasteiger partial charge in [-0.15, -0.1) is 0 Å². The van der Waals surface area contributed by atoms with Crippen LogP contribution in [0.4, 0.5) is 5.69 Å². The van der Waals surface area contributed by atoms with E-state index in [-0.39, 0.29) is 18.2 Å². The van der Waals surface area contributed by atoms with Crippen LogP contribution in [0, 0.1) is 6.92 Å². The predicted molar refractivity (Wildman–Crippen MR) is 85.1 cm³/mol. The minimum absolute atomic E-state index is 0.132. The van der Waals surface area contributed by atoms with Crippen molar-refractivity contribution in [2.75, 3.05) is 19.0 Å². The van der Waals surface area contributed by atoms with Gasteiger partial charge in [-0.25, -0.2) is 0 Å². The van der Waals surface area contributed by atoms with Crippen molar-refractivity contribution in [1.29, 1.82) is 0 Å². The van der Waals surface area contributed by atoms with Crippen molar-refractivity contribution < 1.29 is 18.7 Å². The molecule has 0 saturated carbocycles. The highest BCUT2D eigenvalue weighted by Gasteiger charge is 2.13. The summed E-state index contributed by atoms with van der Waals surface area (Å²) in [7, 11) is 1.52. The highest BCUT2D eigenvalue weighted by atomic mass is 79.9. The van der Waals surface area contributed by atoms with Crippen LogP contribution in [0.2, 0.25) is 0 Å². The zero-order valence-corrected chi connectivity index (χ0v) is 13.7. The van der Waals surface area contributed by atoms with Gasteiger partial charge >= 0.3 is 0 Å². The lowest BCUT2D eigenvalue weighted by Gasteiger charge is -2.11. The number of aryl methyl sites for hydroxylation is 1. The molecule has 0 unspecified atom stereocenters. The Bertz CT molecular complexity index is 697. The van der Waals surface area contributed by atoms with Gasteiger partial charge in [0.25, 0.3) is 5.91 Å². The number of hydrogen-bond donors (Lipinski definition) is 2. The van der Waals surface area contributed by atoms with Gasteiger partial charge in [0.2, 0.25) is 5.91 Å². The quantitative estimate of drug-likeness (QED) is 0.852. The minimum Gasteiger partial charge on any atom is -0.495 e. The van der Waals surface area contributed by atoms with Crippen LogP contribution in [0.1, 0.15) is 16.1 Å². The van der Waals surface area contributed by atoms with E-state index in [9.17, 15) is 9.59 Å².